The Morgan fingerprint density at radius 1 is 1.22 bits per heavy atom. The second-order valence-electron chi connectivity index (χ2n) is 5.28. The molecule has 2 heteroatoms. The molecule has 0 saturated carbocycles. The number of hydrogen-bond acceptors (Lipinski definition) is 2. The first kappa shape index (κ1) is 13.6. The molecule has 1 aromatic rings. The minimum absolute atomic E-state index is 0.740. The van der Waals surface area contributed by atoms with Gasteiger partial charge in [0.1, 0.15) is 0 Å². The molecule has 1 heterocycles. The Kier molecular flexibility index (Phi) is 5.69. The van der Waals surface area contributed by atoms with Crippen molar-refractivity contribution in [2.75, 3.05) is 26.2 Å². The second-order valence-corrected chi connectivity index (χ2v) is 5.28. The van der Waals surface area contributed by atoms with Gasteiger partial charge in [0.25, 0.3) is 0 Å². The van der Waals surface area contributed by atoms with Crippen LogP contribution in [0.3, 0.4) is 0 Å². The smallest absolute Gasteiger partial charge is 0.0107 e. The third-order valence-corrected chi connectivity index (χ3v) is 3.93. The molecule has 1 aromatic carbocycles. The van der Waals surface area contributed by atoms with Gasteiger partial charge in [0.2, 0.25) is 0 Å². The Morgan fingerprint density at radius 3 is 2.83 bits per heavy atom. The minimum atomic E-state index is 0.740. The summed E-state index contributed by atoms with van der Waals surface area (Å²) in [5, 5.41) is 3.63. The first-order chi connectivity index (χ1) is 8.88. The summed E-state index contributed by atoms with van der Waals surface area (Å²) in [7, 11) is 0. The molecule has 0 radical (unpaired) electrons. The van der Waals surface area contributed by atoms with Gasteiger partial charge < -0.3 is 10.2 Å². The van der Waals surface area contributed by atoms with Crippen LogP contribution >= 0.6 is 0 Å². The first-order valence-electron chi connectivity index (χ1n) is 7.38. The number of aryl methyl sites for hydroxylation is 1. The van der Waals surface area contributed by atoms with Crippen molar-refractivity contribution in [2.24, 2.45) is 0 Å². The van der Waals surface area contributed by atoms with Crippen LogP contribution in [0, 0.1) is 0 Å². The maximum Gasteiger partial charge on any atom is 0.0107 e. The molecule has 1 atom stereocenters. The molecule has 2 nitrogen and oxygen atoms in total. The van der Waals surface area contributed by atoms with E-state index in [4.69, 9.17) is 0 Å². The molecule has 2 rings (SSSR count). The molecule has 1 aliphatic rings. The molecule has 0 bridgehead atoms. The SMILES string of the molecule is CCC1CCN(CCCc2ccccc2)CCN1. The van der Waals surface area contributed by atoms with Gasteiger partial charge in [0.15, 0.2) is 0 Å². The zero-order chi connectivity index (χ0) is 12.6. The highest BCUT2D eigenvalue weighted by Gasteiger charge is 2.14. The predicted octanol–water partition coefficient (Wildman–Crippen LogP) is 2.69. The average Bonchev–Trinajstić information content (AvgIpc) is 2.65. The van der Waals surface area contributed by atoms with Crippen LogP contribution in [0.25, 0.3) is 0 Å². The van der Waals surface area contributed by atoms with Gasteiger partial charge in [-0.05, 0) is 44.3 Å². The van der Waals surface area contributed by atoms with Gasteiger partial charge in [0, 0.05) is 19.1 Å². The third kappa shape index (κ3) is 4.43. The van der Waals surface area contributed by atoms with E-state index in [9.17, 15) is 0 Å². The van der Waals surface area contributed by atoms with Crippen molar-refractivity contribution < 1.29 is 0 Å². The van der Waals surface area contributed by atoms with E-state index in [1.807, 2.05) is 0 Å². The maximum atomic E-state index is 3.63. The lowest BCUT2D eigenvalue weighted by atomic mass is 10.1. The van der Waals surface area contributed by atoms with E-state index in [2.05, 4.69) is 47.5 Å². The summed E-state index contributed by atoms with van der Waals surface area (Å²) in [6.45, 7) is 7.16. The summed E-state index contributed by atoms with van der Waals surface area (Å²) in [6, 6.07) is 11.6. The molecular weight excluding hydrogens is 220 g/mol. The molecule has 0 aromatic heterocycles. The van der Waals surface area contributed by atoms with Gasteiger partial charge in [-0.2, -0.15) is 0 Å². The van der Waals surface area contributed by atoms with Crippen molar-refractivity contribution in [3.63, 3.8) is 0 Å². The van der Waals surface area contributed by atoms with Crippen LogP contribution < -0.4 is 5.32 Å². The van der Waals surface area contributed by atoms with Crippen molar-refractivity contribution in [3.05, 3.63) is 35.9 Å². The van der Waals surface area contributed by atoms with E-state index in [0.29, 0.717) is 0 Å². The van der Waals surface area contributed by atoms with Crippen LogP contribution in [0.15, 0.2) is 30.3 Å². The Balaban J connectivity index is 1.67. The van der Waals surface area contributed by atoms with Crippen LogP contribution in [0.4, 0.5) is 0 Å². The van der Waals surface area contributed by atoms with Crippen molar-refractivity contribution >= 4 is 0 Å². The lowest BCUT2D eigenvalue weighted by Crippen LogP contribution is -2.30. The zero-order valence-electron chi connectivity index (χ0n) is 11.6. The molecule has 1 fully saturated rings. The van der Waals surface area contributed by atoms with Gasteiger partial charge in [-0.1, -0.05) is 37.3 Å². The summed E-state index contributed by atoms with van der Waals surface area (Å²) >= 11 is 0. The van der Waals surface area contributed by atoms with Gasteiger partial charge >= 0.3 is 0 Å². The number of nitrogens with zero attached hydrogens (tertiary/aromatic N) is 1. The molecule has 1 saturated heterocycles. The molecule has 0 aliphatic carbocycles. The van der Waals surface area contributed by atoms with Crippen LogP contribution in [0.5, 0.6) is 0 Å². The molecule has 100 valence electrons. The highest BCUT2D eigenvalue weighted by Crippen LogP contribution is 2.07. The Hall–Kier alpha value is -0.860. The fraction of sp³-hybridized carbons (Fsp3) is 0.625. The Bertz CT molecular complexity index is 323. The van der Waals surface area contributed by atoms with E-state index in [1.54, 1.807) is 0 Å². The van der Waals surface area contributed by atoms with Gasteiger partial charge in [-0.25, -0.2) is 0 Å². The summed E-state index contributed by atoms with van der Waals surface area (Å²) in [5.74, 6) is 0. The van der Waals surface area contributed by atoms with E-state index in [0.717, 1.165) is 12.6 Å². The fourth-order valence-electron chi connectivity index (χ4n) is 2.70. The lowest BCUT2D eigenvalue weighted by molar-refractivity contribution is 0.286. The summed E-state index contributed by atoms with van der Waals surface area (Å²) < 4.78 is 0. The Morgan fingerprint density at radius 2 is 2.06 bits per heavy atom. The van der Waals surface area contributed by atoms with Crippen molar-refractivity contribution in [1.29, 1.82) is 0 Å². The van der Waals surface area contributed by atoms with Gasteiger partial charge in [0.05, 0.1) is 0 Å². The Labute approximate surface area is 111 Å². The minimum Gasteiger partial charge on any atom is -0.313 e. The molecule has 1 unspecified atom stereocenters. The van der Waals surface area contributed by atoms with Crippen LogP contribution in [0.1, 0.15) is 31.7 Å². The lowest BCUT2D eigenvalue weighted by Gasteiger charge is -2.19. The average molecular weight is 246 g/mol. The fourth-order valence-corrected chi connectivity index (χ4v) is 2.70. The number of benzene rings is 1. The topological polar surface area (TPSA) is 15.3 Å². The third-order valence-electron chi connectivity index (χ3n) is 3.93. The first-order valence-corrected chi connectivity index (χ1v) is 7.38. The van der Waals surface area contributed by atoms with Crippen molar-refractivity contribution in [1.82, 2.24) is 10.2 Å². The van der Waals surface area contributed by atoms with Crippen LogP contribution in [0.2, 0.25) is 0 Å². The highest BCUT2D eigenvalue weighted by molar-refractivity contribution is 5.14. The van der Waals surface area contributed by atoms with E-state index in [1.165, 1.54) is 50.9 Å². The van der Waals surface area contributed by atoms with E-state index in [-0.39, 0.29) is 0 Å². The van der Waals surface area contributed by atoms with E-state index >= 15 is 0 Å². The summed E-state index contributed by atoms with van der Waals surface area (Å²) in [4.78, 5) is 2.62. The molecular formula is C16H26N2. The zero-order valence-corrected chi connectivity index (χ0v) is 11.6. The largest absolute Gasteiger partial charge is 0.313 e. The standard InChI is InChI=1S/C16H26N2/c1-2-16-10-13-18(14-11-17-16)12-6-9-15-7-4-3-5-8-15/h3-5,7-8,16-17H,2,6,9-14H2,1H3. The second kappa shape index (κ2) is 7.55. The maximum absolute atomic E-state index is 3.63. The van der Waals surface area contributed by atoms with Crippen LogP contribution in [-0.4, -0.2) is 37.1 Å². The number of rotatable bonds is 5. The number of nitrogens with one attached hydrogen (secondary N) is 1. The predicted molar refractivity (Wildman–Crippen MR) is 77.9 cm³/mol. The molecule has 1 aliphatic heterocycles. The normalized spacial score (nSPS) is 21.7. The van der Waals surface area contributed by atoms with Crippen LogP contribution in [-0.2, 0) is 6.42 Å². The molecule has 1 N–H and O–H groups in total. The van der Waals surface area contributed by atoms with Crippen molar-refractivity contribution in [2.45, 2.75) is 38.6 Å². The summed E-state index contributed by atoms with van der Waals surface area (Å²) in [5.41, 5.74) is 1.47. The van der Waals surface area contributed by atoms with Gasteiger partial charge in [-0.15, -0.1) is 0 Å². The van der Waals surface area contributed by atoms with Crippen molar-refractivity contribution in [3.8, 4) is 0 Å². The van der Waals surface area contributed by atoms with Gasteiger partial charge in [-0.3, -0.25) is 0 Å². The molecule has 0 amide bonds. The quantitative estimate of drug-likeness (QED) is 0.859. The molecule has 0 spiro atoms. The van der Waals surface area contributed by atoms with E-state index < -0.39 is 0 Å². The highest BCUT2D eigenvalue weighted by atomic mass is 15.2. The monoisotopic (exact) mass is 246 g/mol. The number of hydrogen-bond donors (Lipinski definition) is 1. The summed E-state index contributed by atoms with van der Waals surface area (Å²) in [6.07, 6.45) is 5.06. The molecule has 18 heavy (non-hydrogen) atoms.